The van der Waals surface area contributed by atoms with E-state index in [1.807, 2.05) is 12.1 Å². The van der Waals surface area contributed by atoms with E-state index in [2.05, 4.69) is 50.2 Å². The molecule has 0 amide bonds. The van der Waals surface area contributed by atoms with Gasteiger partial charge in [0.25, 0.3) is 0 Å². The molecule has 3 rings (SSSR count). The molecular formula is C23H30FNO. The van der Waals surface area contributed by atoms with Gasteiger partial charge in [-0.05, 0) is 75.9 Å². The van der Waals surface area contributed by atoms with Crippen LogP contribution in [0.1, 0.15) is 36.0 Å². The summed E-state index contributed by atoms with van der Waals surface area (Å²) in [5.74, 6) is 0.534. The first kappa shape index (κ1) is 19.1. The van der Waals surface area contributed by atoms with E-state index in [9.17, 15) is 9.50 Å². The molecule has 1 aliphatic rings. The summed E-state index contributed by atoms with van der Waals surface area (Å²) in [6.45, 7) is 2.94. The van der Waals surface area contributed by atoms with Crippen molar-refractivity contribution in [1.82, 2.24) is 4.90 Å². The average Bonchev–Trinajstić information content (AvgIpc) is 2.60. The van der Waals surface area contributed by atoms with Gasteiger partial charge in [0.15, 0.2) is 0 Å². The van der Waals surface area contributed by atoms with Crippen LogP contribution in [0, 0.1) is 24.6 Å². The van der Waals surface area contributed by atoms with E-state index < -0.39 is 5.60 Å². The van der Waals surface area contributed by atoms with Crippen LogP contribution in [-0.2, 0) is 12.0 Å². The number of nitrogens with zero attached hydrogens (tertiary/aromatic N) is 1. The minimum Gasteiger partial charge on any atom is -0.385 e. The van der Waals surface area contributed by atoms with E-state index in [-0.39, 0.29) is 11.7 Å². The monoisotopic (exact) mass is 355 g/mol. The Morgan fingerprint density at radius 2 is 1.73 bits per heavy atom. The van der Waals surface area contributed by atoms with Gasteiger partial charge in [0.1, 0.15) is 5.82 Å². The third-order valence-electron chi connectivity index (χ3n) is 5.80. The zero-order valence-electron chi connectivity index (χ0n) is 16.1. The lowest BCUT2D eigenvalue weighted by Gasteiger charge is -2.44. The molecule has 1 N–H and O–H groups in total. The van der Waals surface area contributed by atoms with Crippen LogP contribution in [0.5, 0.6) is 0 Å². The lowest BCUT2D eigenvalue weighted by atomic mass is 9.66. The molecule has 0 aliphatic heterocycles. The Labute approximate surface area is 156 Å². The molecule has 0 spiro atoms. The maximum atomic E-state index is 13.1. The van der Waals surface area contributed by atoms with Crippen LogP contribution in [0.2, 0.25) is 0 Å². The van der Waals surface area contributed by atoms with E-state index in [4.69, 9.17) is 0 Å². The van der Waals surface area contributed by atoms with Crippen molar-refractivity contribution in [2.24, 2.45) is 11.8 Å². The highest BCUT2D eigenvalue weighted by molar-refractivity contribution is 5.28. The van der Waals surface area contributed by atoms with E-state index in [1.165, 1.54) is 23.3 Å². The second kappa shape index (κ2) is 7.89. The van der Waals surface area contributed by atoms with Crippen molar-refractivity contribution in [3.8, 4) is 0 Å². The summed E-state index contributed by atoms with van der Waals surface area (Å²) in [5.41, 5.74) is 2.67. The van der Waals surface area contributed by atoms with Gasteiger partial charge >= 0.3 is 0 Å². The standard InChI is InChI=1S/C23H30FNO/c1-17-4-8-20(9-5-17)23(26)13-12-19(15-21(23)16-25(2)3)14-18-6-10-22(24)11-7-18/h4-11,19,21,26H,12-16H2,1-3H3. The summed E-state index contributed by atoms with van der Waals surface area (Å²) < 4.78 is 13.1. The Balaban J connectivity index is 1.78. The van der Waals surface area contributed by atoms with Crippen molar-refractivity contribution in [1.29, 1.82) is 0 Å². The van der Waals surface area contributed by atoms with Crippen molar-refractivity contribution in [2.75, 3.05) is 20.6 Å². The largest absolute Gasteiger partial charge is 0.385 e. The molecule has 26 heavy (non-hydrogen) atoms. The number of benzene rings is 2. The van der Waals surface area contributed by atoms with Crippen LogP contribution in [0.25, 0.3) is 0 Å². The van der Waals surface area contributed by atoms with Gasteiger partial charge in [-0.15, -0.1) is 0 Å². The molecule has 3 atom stereocenters. The van der Waals surface area contributed by atoms with E-state index in [1.54, 1.807) is 0 Å². The van der Waals surface area contributed by atoms with Gasteiger partial charge in [-0.25, -0.2) is 4.39 Å². The predicted octanol–water partition coefficient (Wildman–Crippen LogP) is 4.54. The van der Waals surface area contributed by atoms with Crippen LogP contribution in [0.15, 0.2) is 48.5 Å². The normalized spacial score (nSPS) is 26.2. The van der Waals surface area contributed by atoms with Crippen molar-refractivity contribution in [2.45, 2.75) is 38.2 Å². The molecule has 0 aromatic heterocycles. The second-order valence-electron chi connectivity index (χ2n) is 8.22. The number of rotatable bonds is 5. The third kappa shape index (κ3) is 4.33. The summed E-state index contributed by atoms with van der Waals surface area (Å²) in [5, 5.41) is 11.6. The molecule has 0 bridgehead atoms. The van der Waals surface area contributed by atoms with Crippen LogP contribution in [0.3, 0.4) is 0 Å². The van der Waals surface area contributed by atoms with Gasteiger partial charge < -0.3 is 10.0 Å². The molecule has 140 valence electrons. The maximum absolute atomic E-state index is 13.1. The Kier molecular flexibility index (Phi) is 5.79. The minimum atomic E-state index is -0.767. The molecule has 2 nitrogen and oxygen atoms in total. The molecule has 2 aromatic carbocycles. The molecule has 3 heteroatoms. The van der Waals surface area contributed by atoms with Gasteiger partial charge in [-0.2, -0.15) is 0 Å². The fraction of sp³-hybridized carbons (Fsp3) is 0.478. The quantitative estimate of drug-likeness (QED) is 0.851. The van der Waals surface area contributed by atoms with Crippen LogP contribution in [-0.4, -0.2) is 30.6 Å². The lowest BCUT2D eigenvalue weighted by Crippen LogP contribution is -2.45. The Morgan fingerprint density at radius 3 is 2.35 bits per heavy atom. The Morgan fingerprint density at radius 1 is 1.08 bits per heavy atom. The van der Waals surface area contributed by atoms with Gasteiger partial charge in [-0.3, -0.25) is 0 Å². The first-order chi connectivity index (χ1) is 12.4. The SMILES string of the molecule is Cc1ccc(C2(O)CCC(Cc3ccc(F)cc3)CC2CN(C)C)cc1. The van der Waals surface area contributed by atoms with E-state index in [0.717, 1.165) is 37.8 Å². The molecule has 0 heterocycles. The highest BCUT2D eigenvalue weighted by Gasteiger charge is 2.43. The van der Waals surface area contributed by atoms with Crippen LogP contribution < -0.4 is 0 Å². The van der Waals surface area contributed by atoms with Crippen LogP contribution >= 0.6 is 0 Å². The van der Waals surface area contributed by atoms with Crippen molar-refractivity contribution < 1.29 is 9.50 Å². The second-order valence-corrected chi connectivity index (χ2v) is 8.22. The predicted molar refractivity (Wildman–Crippen MR) is 105 cm³/mol. The first-order valence-corrected chi connectivity index (χ1v) is 9.55. The summed E-state index contributed by atoms with van der Waals surface area (Å²) in [4.78, 5) is 2.17. The smallest absolute Gasteiger partial charge is 0.123 e. The highest BCUT2D eigenvalue weighted by Crippen LogP contribution is 2.45. The van der Waals surface area contributed by atoms with Crippen molar-refractivity contribution in [3.05, 3.63) is 71.0 Å². The molecular weight excluding hydrogens is 325 g/mol. The summed E-state index contributed by atoms with van der Waals surface area (Å²) in [6, 6.07) is 15.2. The molecule has 3 unspecified atom stereocenters. The van der Waals surface area contributed by atoms with Crippen molar-refractivity contribution in [3.63, 3.8) is 0 Å². The molecule has 2 aromatic rings. The zero-order valence-corrected chi connectivity index (χ0v) is 16.1. The minimum absolute atomic E-state index is 0.184. The zero-order chi connectivity index (χ0) is 18.7. The Hall–Kier alpha value is -1.71. The number of halogens is 1. The number of aliphatic hydroxyl groups is 1. The molecule has 1 fully saturated rings. The Bertz CT molecular complexity index is 710. The van der Waals surface area contributed by atoms with Gasteiger partial charge in [-0.1, -0.05) is 42.0 Å². The van der Waals surface area contributed by atoms with Crippen molar-refractivity contribution >= 4 is 0 Å². The molecule has 0 radical (unpaired) electrons. The summed E-state index contributed by atoms with van der Waals surface area (Å²) in [7, 11) is 4.14. The highest BCUT2D eigenvalue weighted by atomic mass is 19.1. The number of aryl methyl sites for hydroxylation is 1. The third-order valence-corrected chi connectivity index (χ3v) is 5.80. The summed E-state index contributed by atoms with van der Waals surface area (Å²) in [6.07, 6.45) is 3.71. The maximum Gasteiger partial charge on any atom is 0.123 e. The van der Waals surface area contributed by atoms with Gasteiger partial charge in [0.2, 0.25) is 0 Å². The van der Waals surface area contributed by atoms with Gasteiger partial charge in [0.05, 0.1) is 5.60 Å². The fourth-order valence-corrected chi connectivity index (χ4v) is 4.37. The molecule has 0 saturated heterocycles. The topological polar surface area (TPSA) is 23.5 Å². The summed E-state index contributed by atoms with van der Waals surface area (Å²) >= 11 is 0. The fourth-order valence-electron chi connectivity index (χ4n) is 4.37. The number of hydrogen-bond acceptors (Lipinski definition) is 2. The number of hydrogen-bond donors (Lipinski definition) is 1. The average molecular weight is 355 g/mol. The lowest BCUT2D eigenvalue weighted by molar-refractivity contribution is -0.0752. The first-order valence-electron chi connectivity index (χ1n) is 9.55. The molecule has 1 saturated carbocycles. The van der Waals surface area contributed by atoms with E-state index >= 15 is 0 Å². The van der Waals surface area contributed by atoms with Crippen LogP contribution in [0.4, 0.5) is 4.39 Å². The van der Waals surface area contributed by atoms with Gasteiger partial charge in [0, 0.05) is 12.5 Å². The van der Waals surface area contributed by atoms with E-state index in [0.29, 0.717) is 5.92 Å². The molecule has 1 aliphatic carbocycles.